The average Bonchev–Trinajstić information content (AvgIpc) is 2.26. The van der Waals surface area contributed by atoms with E-state index in [1.165, 1.54) is 12.8 Å². The lowest BCUT2D eigenvalue weighted by Crippen LogP contribution is -2.31. The number of hydrogen-bond acceptors (Lipinski definition) is 2. The van der Waals surface area contributed by atoms with Crippen LogP contribution in [0.2, 0.25) is 0 Å². The van der Waals surface area contributed by atoms with Gasteiger partial charge in [-0.1, -0.05) is 36.2 Å². The highest BCUT2D eigenvalue weighted by atomic mass is 79.9. The predicted molar refractivity (Wildman–Crippen MR) is 80.8 cm³/mol. The minimum Gasteiger partial charge on any atom is -0.478 e. The van der Waals surface area contributed by atoms with Gasteiger partial charge in [-0.25, -0.2) is 4.79 Å². The zero-order valence-electron chi connectivity index (χ0n) is 11.4. The molecule has 0 amide bonds. The molecule has 1 atom stereocenters. The van der Waals surface area contributed by atoms with Crippen LogP contribution in [0.15, 0.2) is 22.7 Å². The molecule has 0 saturated heterocycles. The van der Waals surface area contributed by atoms with Gasteiger partial charge in [0.2, 0.25) is 0 Å². The SMILES string of the molecule is CC1(C)CCCC(Nc2cc(Br)cc(C(=O)O)c2)C1. The number of carboxylic acid groups (broad SMARTS) is 1. The van der Waals surface area contributed by atoms with Gasteiger partial charge in [0.15, 0.2) is 0 Å². The van der Waals surface area contributed by atoms with Crippen LogP contribution < -0.4 is 5.32 Å². The zero-order valence-corrected chi connectivity index (χ0v) is 13.0. The van der Waals surface area contributed by atoms with Crippen molar-refractivity contribution < 1.29 is 9.90 Å². The summed E-state index contributed by atoms with van der Waals surface area (Å²) in [6.45, 7) is 4.59. The molecule has 0 heterocycles. The van der Waals surface area contributed by atoms with Crippen molar-refractivity contribution in [3.8, 4) is 0 Å². The Labute approximate surface area is 122 Å². The van der Waals surface area contributed by atoms with Crippen LogP contribution in [0.4, 0.5) is 5.69 Å². The molecule has 104 valence electrons. The van der Waals surface area contributed by atoms with Crippen LogP contribution in [0, 0.1) is 5.41 Å². The van der Waals surface area contributed by atoms with E-state index >= 15 is 0 Å². The summed E-state index contributed by atoms with van der Waals surface area (Å²) in [6.07, 6.45) is 4.77. The van der Waals surface area contributed by atoms with Gasteiger partial charge in [-0.2, -0.15) is 0 Å². The third-order valence-corrected chi connectivity index (χ3v) is 4.18. The number of carbonyl (C=O) groups is 1. The largest absolute Gasteiger partial charge is 0.478 e. The van der Waals surface area contributed by atoms with Gasteiger partial charge in [-0.3, -0.25) is 0 Å². The van der Waals surface area contributed by atoms with E-state index in [1.807, 2.05) is 6.07 Å². The maximum atomic E-state index is 11.1. The Hall–Kier alpha value is -1.03. The smallest absolute Gasteiger partial charge is 0.335 e. The first kappa shape index (κ1) is 14.4. The number of carboxylic acids is 1. The van der Waals surface area contributed by atoms with Gasteiger partial charge in [0.1, 0.15) is 0 Å². The fourth-order valence-electron chi connectivity index (χ4n) is 2.85. The van der Waals surface area contributed by atoms with Gasteiger partial charge in [-0.05, 0) is 42.9 Å². The van der Waals surface area contributed by atoms with Crippen LogP contribution in [0.3, 0.4) is 0 Å². The Morgan fingerprint density at radius 2 is 2.16 bits per heavy atom. The predicted octanol–water partition coefficient (Wildman–Crippen LogP) is 4.53. The molecular formula is C15H20BrNO2. The second kappa shape index (κ2) is 5.53. The summed E-state index contributed by atoms with van der Waals surface area (Å²) < 4.78 is 0.796. The highest BCUT2D eigenvalue weighted by Gasteiger charge is 2.27. The van der Waals surface area contributed by atoms with Gasteiger partial charge < -0.3 is 10.4 Å². The summed E-state index contributed by atoms with van der Waals surface area (Å²) >= 11 is 3.37. The lowest BCUT2D eigenvalue weighted by Gasteiger charge is -2.36. The van der Waals surface area contributed by atoms with E-state index in [0.29, 0.717) is 17.0 Å². The van der Waals surface area contributed by atoms with Crippen LogP contribution in [-0.4, -0.2) is 17.1 Å². The zero-order chi connectivity index (χ0) is 14.0. The third kappa shape index (κ3) is 3.96. The lowest BCUT2D eigenvalue weighted by molar-refractivity contribution is 0.0697. The Kier molecular flexibility index (Phi) is 4.19. The molecule has 0 radical (unpaired) electrons. The van der Waals surface area contributed by atoms with Crippen molar-refractivity contribution in [2.75, 3.05) is 5.32 Å². The average molecular weight is 326 g/mol. The van der Waals surface area contributed by atoms with Crippen LogP contribution in [0.25, 0.3) is 0 Å². The molecule has 1 fully saturated rings. The summed E-state index contributed by atoms with van der Waals surface area (Å²) in [5, 5.41) is 12.6. The van der Waals surface area contributed by atoms with Crippen molar-refractivity contribution in [2.45, 2.75) is 45.6 Å². The number of benzene rings is 1. The summed E-state index contributed by atoms with van der Waals surface area (Å²) in [4.78, 5) is 11.1. The van der Waals surface area contributed by atoms with Gasteiger partial charge in [0.25, 0.3) is 0 Å². The van der Waals surface area contributed by atoms with Crippen LogP contribution in [0.1, 0.15) is 49.9 Å². The monoisotopic (exact) mass is 325 g/mol. The minimum absolute atomic E-state index is 0.312. The van der Waals surface area contributed by atoms with Crippen molar-refractivity contribution in [3.63, 3.8) is 0 Å². The van der Waals surface area contributed by atoms with Gasteiger partial charge in [0.05, 0.1) is 5.56 Å². The van der Waals surface area contributed by atoms with E-state index in [1.54, 1.807) is 12.1 Å². The molecule has 4 heteroatoms. The minimum atomic E-state index is -0.895. The number of aromatic carboxylic acids is 1. The van der Waals surface area contributed by atoms with Gasteiger partial charge >= 0.3 is 5.97 Å². The molecule has 1 unspecified atom stereocenters. The summed E-state index contributed by atoms with van der Waals surface area (Å²) in [5.74, 6) is -0.895. The Bertz CT molecular complexity index is 485. The Morgan fingerprint density at radius 3 is 2.79 bits per heavy atom. The summed E-state index contributed by atoms with van der Waals surface area (Å²) in [5.41, 5.74) is 1.57. The standard InChI is InChI=1S/C15H20BrNO2/c1-15(2)5-3-4-12(9-15)17-13-7-10(14(18)19)6-11(16)8-13/h6-8,12,17H,3-5,9H2,1-2H3,(H,18,19). The summed E-state index contributed by atoms with van der Waals surface area (Å²) in [6, 6.07) is 5.70. The Morgan fingerprint density at radius 1 is 1.42 bits per heavy atom. The molecule has 1 saturated carbocycles. The first-order valence-corrected chi connectivity index (χ1v) is 7.45. The number of anilines is 1. The Balaban J connectivity index is 2.12. The van der Waals surface area contributed by atoms with Crippen LogP contribution in [0.5, 0.6) is 0 Å². The fourth-order valence-corrected chi connectivity index (χ4v) is 3.35. The molecule has 1 aliphatic rings. The number of nitrogens with one attached hydrogen (secondary N) is 1. The topological polar surface area (TPSA) is 49.3 Å². The molecule has 2 N–H and O–H groups in total. The second-order valence-corrected chi connectivity index (χ2v) is 7.05. The normalized spacial score (nSPS) is 21.9. The molecule has 0 spiro atoms. The van der Waals surface area contributed by atoms with E-state index in [0.717, 1.165) is 23.0 Å². The number of halogens is 1. The molecule has 2 rings (SSSR count). The maximum Gasteiger partial charge on any atom is 0.335 e. The van der Waals surface area contributed by atoms with Crippen molar-refractivity contribution >= 4 is 27.6 Å². The van der Waals surface area contributed by atoms with Crippen molar-refractivity contribution in [2.24, 2.45) is 5.41 Å². The van der Waals surface area contributed by atoms with E-state index in [9.17, 15) is 4.79 Å². The maximum absolute atomic E-state index is 11.1. The first-order chi connectivity index (χ1) is 8.85. The van der Waals surface area contributed by atoms with E-state index in [2.05, 4.69) is 35.1 Å². The van der Waals surface area contributed by atoms with Gasteiger partial charge in [0, 0.05) is 16.2 Å². The molecule has 3 nitrogen and oxygen atoms in total. The van der Waals surface area contributed by atoms with E-state index < -0.39 is 5.97 Å². The molecule has 1 aromatic rings. The molecule has 19 heavy (non-hydrogen) atoms. The molecule has 1 aliphatic carbocycles. The van der Waals surface area contributed by atoms with E-state index in [-0.39, 0.29) is 0 Å². The molecule has 0 bridgehead atoms. The molecule has 0 aromatic heterocycles. The van der Waals surface area contributed by atoms with Crippen LogP contribution in [-0.2, 0) is 0 Å². The molecule has 1 aromatic carbocycles. The summed E-state index contributed by atoms with van der Waals surface area (Å²) in [7, 11) is 0. The fraction of sp³-hybridized carbons (Fsp3) is 0.533. The van der Waals surface area contributed by atoms with Crippen LogP contribution >= 0.6 is 15.9 Å². The quantitative estimate of drug-likeness (QED) is 0.858. The first-order valence-electron chi connectivity index (χ1n) is 6.66. The number of hydrogen-bond donors (Lipinski definition) is 2. The van der Waals surface area contributed by atoms with Crippen molar-refractivity contribution in [1.82, 2.24) is 0 Å². The third-order valence-electron chi connectivity index (χ3n) is 3.72. The number of rotatable bonds is 3. The van der Waals surface area contributed by atoms with E-state index in [4.69, 9.17) is 5.11 Å². The highest BCUT2D eigenvalue weighted by Crippen LogP contribution is 2.36. The lowest BCUT2D eigenvalue weighted by atomic mass is 9.75. The highest BCUT2D eigenvalue weighted by molar-refractivity contribution is 9.10. The van der Waals surface area contributed by atoms with Crippen molar-refractivity contribution in [3.05, 3.63) is 28.2 Å². The molecule has 0 aliphatic heterocycles. The second-order valence-electron chi connectivity index (χ2n) is 6.14. The molecular weight excluding hydrogens is 306 g/mol. The van der Waals surface area contributed by atoms with Gasteiger partial charge in [-0.15, -0.1) is 0 Å². The van der Waals surface area contributed by atoms with Crippen molar-refractivity contribution in [1.29, 1.82) is 0 Å².